The first kappa shape index (κ1) is 9.01. The monoisotopic (exact) mass is 156 g/mol. The van der Waals surface area contributed by atoms with Crippen LogP contribution < -0.4 is 5.73 Å². The van der Waals surface area contributed by atoms with Crippen molar-refractivity contribution < 1.29 is 0 Å². The molecule has 1 heterocycles. The van der Waals surface area contributed by atoms with Crippen molar-refractivity contribution in [2.75, 3.05) is 13.1 Å². The molecule has 0 saturated carbocycles. The van der Waals surface area contributed by atoms with Crippen LogP contribution in [0.25, 0.3) is 0 Å². The van der Waals surface area contributed by atoms with Crippen LogP contribution in [0.3, 0.4) is 0 Å². The molecule has 2 nitrogen and oxygen atoms in total. The van der Waals surface area contributed by atoms with Crippen molar-refractivity contribution in [2.24, 2.45) is 11.7 Å². The molecule has 0 atom stereocenters. The van der Waals surface area contributed by atoms with Crippen molar-refractivity contribution in [3.05, 3.63) is 0 Å². The lowest BCUT2D eigenvalue weighted by Gasteiger charge is -2.48. The topological polar surface area (TPSA) is 29.3 Å². The zero-order valence-electron chi connectivity index (χ0n) is 8.09. The van der Waals surface area contributed by atoms with E-state index in [0.29, 0.717) is 12.0 Å². The molecule has 0 unspecified atom stereocenters. The van der Waals surface area contributed by atoms with Crippen LogP contribution in [-0.2, 0) is 0 Å². The molecular weight excluding hydrogens is 136 g/mol. The number of nitrogens with two attached hydrogens (primary N) is 1. The lowest BCUT2D eigenvalue weighted by Crippen LogP contribution is -2.60. The molecule has 66 valence electrons. The van der Waals surface area contributed by atoms with Gasteiger partial charge in [0.05, 0.1) is 0 Å². The summed E-state index contributed by atoms with van der Waals surface area (Å²) in [6, 6.07) is 0.689. The first-order valence-corrected chi connectivity index (χ1v) is 4.44. The van der Waals surface area contributed by atoms with E-state index in [1.54, 1.807) is 0 Å². The standard InChI is InChI=1S/C9H20N2/c1-7(2)11-5-8(6-11)9(3,4)10/h7-8H,5-6,10H2,1-4H3. The molecule has 11 heavy (non-hydrogen) atoms. The zero-order valence-corrected chi connectivity index (χ0v) is 8.09. The highest BCUT2D eigenvalue weighted by atomic mass is 15.2. The molecule has 0 aromatic carbocycles. The van der Waals surface area contributed by atoms with E-state index in [4.69, 9.17) is 5.73 Å². The van der Waals surface area contributed by atoms with Crippen LogP contribution in [0.5, 0.6) is 0 Å². The van der Waals surface area contributed by atoms with Crippen molar-refractivity contribution in [1.29, 1.82) is 0 Å². The van der Waals surface area contributed by atoms with Gasteiger partial charge in [0.25, 0.3) is 0 Å². The smallest absolute Gasteiger partial charge is 0.0150 e. The fourth-order valence-corrected chi connectivity index (χ4v) is 1.40. The molecule has 0 spiro atoms. The fraction of sp³-hybridized carbons (Fsp3) is 1.00. The molecule has 1 fully saturated rings. The first-order chi connectivity index (χ1) is 4.91. The summed E-state index contributed by atoms with van der Waals surface area (Å²) in [6.07, 6.45) is 0. The van der Waals surface area contributed by atoms with Gasteiger partial charge in [-0.1, -0.05) is 0 Å². The van der Waals surface area contributed by atoms with Gasteiger partial charge >= 0.3 is 0 Å². The molecule has 1 aliphatic rings. The van der Waals surface area contributed by atoms with Gasteiger partial charge < -0.3 is 10.6 Å². The van der Waals surface area contributed by atoms with Crippen molar-refractivity contribution >= 4 is 0 Å². The van der Waals surface area contributed by atoms with E-state index in [9.17, 15) is 0 Å². The number of hydrogen-bond acceptors (Lipinski definition) is 2. The molecule has 0 bridgehead atoms. The Bertz CT molecular complexity index is 129. The van der Waals surface area contributed by atoms with Crippen LogP contribution in [0.4, 0.5) is 0 Å². The summed E-state index contributed by atoms with van der Waals surface area (Å²) >= 11 is 0. The predicted octanol–water partition coefficient (Wildman–Crippen LogP) is 1.06. The van der Waals surface area contributed by atoms with Gasteiger partial charge in [-0.05, 0) is 27.7 Å². The summed E-state index contributed by atoms with van der Waals surface area (Å²) in [4.78, 5) is 2.46. The van der Waals surface area contributed by atoms with Crippen molar-refractivity contribution in [3.63, 3.8) is 0 Å². The second-order valence-electron chi connectivity index (χ2n) is 4.57. The molecule has 0 aromatic heterocycles. The maximum atomic E-state index is 5.98. The molecule has 2 N–H and O–H groups in total. The molecule has 0 amide bonds. The summed E-state index contributed by atoms with van der Waals surface area (Å²) in [5.74, 6) is 0.699. The zero-order chi connectivity index (χ0) is 8.65. The minimum Gasteiger partial charge on any atom is -0.325 e. The van der Waals surface area contributed by atoms with E-state index in [0.717, 1.165) is 0 Å². The molecule has 1 saturated heterocycles. The Kier molecular flexibility index (Phi) is 2.26. The highest BCUT2D eigenvalue weighted by Crippen LogP contribution is 2.26. The quantitative estimate of drug-likeness (QED) is 0.648. The van der Waals surface area contributed by atoms with Gasteiger partial charge in [-0.2, -0.15) is 0 Å². The Morgan fingerprint density at radius 1 is 1.36 bits per heavy atom. The van der Waals surface area contributed by atoms with Crippen molar-refractivity contribution in [3.8, 4) is 0 Å². The summed E-state index contributed by atoms with van der Waals surface area (Å²) < 4.78 is 0. The first-order valence-electron chi connectivity index (χ1n) is 4.44. The third kappa shape index (κ3) is 1.94. The summed E-state index contributed by atoms with van der Waals surface area (Å²) in [5, 5.41) is 0. The predicted molar refractivity (Wildman–Crippen MR) is 48.5 cm³/mol. The Hall–Kier alpha value is -0.0800. The van der Waals surface area contributed by atoms with Gasteiger partial charge in [0, 0.05) is 30.6 Å². The fourth-order valence-electron chi connectivity index (χ4n) is 1.40. The Labute approximate surface area is 69.8 Å². The minimum atomic E-state index is 0.0192. The summed E-state index contributed by atoms with van der Waals surface area (Å²) in [6.45, 7) is 11.1. The number of nitrogens with zero attached hydrogens (tertiary/aromatic N) is 1. The van der Waals surface area contributed by atoms with Crippen LogP contribution in [0.1, 0.15) is 27.7 Å². The third-order valence-electron chi connectivity index (χ3n) is 2.69. The van der Waals surface area contributed by atoms with Gasteiger partial charge in [0.2, 0.25) is 0 Å². The largest absolute Gasteiger partial charge is 0.325 e. The third-order valence-corrected chi connectivity index (χ3v) is 2.69. The van der Waals surface area contributed by atoms with E-state index < -0.39 is 0 Å². The van der Waals surface area contributed by atoms with Gasteiger partial charge in [-0.15, -0.1) is 0 Å². The van der Waals surface area contributed by atoms with Crippen LogP contribution >= 0.6 is 0 Å². The Morgan fingerprint density at radius 3 is 2.09 bits per heavy atom. The molecule has 0 radical (unpaired) electrons. The van der Waals surface area contributed by atoms with Crippen LogP contribution in [-0.4, -0.2) is 29.6 Å². The van der Waals surface area contributed by atoms with Crippen LogP contribution in [0, 0.1) is 5.92 Å². The highest BCUT2D eigenvalue weighted by molar-refractivity contribution is 4.94. The average Bonchev–Trinajstić information content (AvgIpc) is 1.51. The Balaban J connectivity index is 2.30. The van der Waals surface area contributed by atoms with Crippen molar-refractivity contribution in [1.82, 2.24) is 4.90 Å². The number of likely N-dealkylation sites (tertiary alicyclic amines) is 1. The van der Waals surface area contributed by atoms with Crippen LogP contribution in [0.2, 0.25) is 0 Å². The van der Waals surface area contributed by atoms with E-state index >= 15 is 0 Å². The summed E-state index contributed by atoms with van der Waals surface area (Å²) in [5.41, 5.74) is 6.00. The van der Waals surface area contributed by atoms with Crippen LogP contribution in [0.15, 0.2) is 0 Å². The molecule has 1 aliphatic heterocycles. The average molecular weight is 156 g/mol. The second-order valence-corrected chi connectivity index (χ2v) is 4.57. The maximum absolute atomic E-state index is 5.98. The minimum absolute atomic E-state index is 0.0192. The van der Waals surface area contributed by atoms with Gasteiger partial charge in [-0.3, -0.25) is 0 Å². The lowest BCUT2D eigenvalue weighted by molar-refractivity contribution is 0.0293. The molecule has 1 rings (SSSR count). The number of hydrogen-bond donors (Lipinski definition) is 1. The van der Waals surface area contributed by atoms with Gasteiger partial charge in [0.1, 0.15) is 0 Å². The van der Waals surface area contributed by atoms with Gasteiger partial charge in [0.15, 0.2) is 0 Å². The molecule has 0 aromatic rings. The SMILES string of the molecule is CC(C)N1CC(C(C)(C)N)C1. The second kappa shape index (κ2) is 2.76. The Morgan fingerprint density at radius 2 is 1.82 bits per heavy atom. The number of rotatable bonds is 2. The van der Waals surface area contributed by atoms with E-state index in [1.165, 1.54) is 13.1 Å². The van der Waals surface area contributed by atoms with E-state index in [2.05, 4.69) is 32.6 Å². The molecular formula is C9H20N2. The van der Waals surface area contributed by atoms with E-state index in [1.807, 2.05) is 0 Å². The van der Waals surface area contributed by atoms with Gasteiger partial charge in [-0.25, -0.2) is 0 Å². The lowest BCUT2D eigenvalue weighted by atomic mass is 9.82. The maximum Gasteiger partial charge on any atom is 0.0150 e. The highest BCUT2D eigenvalue weighted by Gasteiger charge is 2.36. The normalized spacial score (nSPS) is 22.4. The van der Waals surface area contributed by atoms with E-state index in [-0.39, 0.29) is 5.54 Å². The molecule has 2 heteroatoms. The summed E-state index contributed by atoms with van der Waals surface area (Å²) in [7, 11) is 0. The molecule has 0 aliphatic carbocycles. The van der Waals surface area contributed by atoms with Crippen molar-refractivity contribution in [2.45, 2.75) is 39.3 Å².